The minimum Gasteiger partial charge on any atom is -0.471 e. The number of nitrogens with one attached hydrogen (secondary N) is 1. The van der Waals surface area contributed by atoms with Crippen molar-refractivity contribution >= 4 is 11.8 Å². The molecule has 2 aromatic rings. The molecule has 3 rings (SSSR count). The SMILES string of the molecule is CN(C)c1cncc(OC2CCN(C(=O)NCc3ccc(F)cc3)C2)n1. The van der Waals surface area contributed by atoms with E-state index in [9.17, 15) is 9.18 Å². The van der Waals surface area contributed by atoms with E-state index < -0.39 is 0 Å². The highest BCUT2D eigenvalue weighted by Gasteiger charge is 2.28. The number of carbonyl (C=O) groups is 1. The third-order valence-electron chi connectivity index (χ3n) is 4.13. The fourth-order valence-electron chi connectivity index (χ4n) is 2.68. The van der Waals surface area contributed by atoms with Crippen LogP contribution in [0.5, 0.6) is 5.88 Å². The molecule has 1 saturated heterocycles. The predicted octanol–water partition coefficient (Wildman–Crippen LogP) is 2.04. The Morgan fingerprint density at radius 3 is 2.85 bits per heavy atom. The van der Waals surface area contributed by atoms with Gasteiger partial charge in [0.2, 0.25) is 5.88 Å². The van der Waals surface area contributed by atoms with Gasteiger partial charge in [0, 0.05) is 33.6 Å². The maximum absolute atomic E-state index is 12.9. The zero-order valence-corrected chi connectivity index (χ0v) is 14.9. The molecule has 0 aliphatic carbocycles. The van der Waals surface area contributed by atoms with Crippen LogP contribution in [-0.4, -0.2) is 54.2 Å². The van der Waals surface area contributed by atoms with Gasteiger partial charge in [0.15, 0.2) is 5.82 Å². The van der Waals surface area contributed by atoms with Gasteiger partial charge in [-0.3, -0.25) is 4.98 Å². The molecule has 1 aromatic heterocycles. The van der Waals surface area contributed by atoms with Gasteiger partial charge in [-0.15, -0.1) is 0 Å². The molecule has 26 heavy (non-hydrogen) atoms. The number of hydrogen-bond acceptors (Lipinski definition) is 5. The van der Waals surface area contributed by atoms with E-state index in [1.807, 2.05) is 19.0 Å². The van der Waals surface area contributed by atoms with Crippen LogP contribution in [0.2, 0.25) is 0 Å². The van der Waals surface area contributed by atoms with E-state index in [4.69, 9.17) is 4.74 Å². The lowest BCUT2D eigenvalue weighted by atomic mass is 10.2. The number of halogens is 1. The van der Waals surface area contributed by atoms with Crippen LogP contribution in [0.15, 0.2) is 36.7 Å². The van der Waals surface area contributed by atoms with Crippen LogP contribution in [0.25, 0.3) is 0 Å². The van der Waals surface area contributed by atoms with Crippen LogP contribution in [0, 0.1) is 5.82 Å². The number of aromatic nitrogens is 2. The van der Waals surface area contributed by atoms with Crippen molar-refractivity contribution in [3.63, 3.8) is 0 Å². The summed E-state index contributed by atoms with van der Waals surface area (Å²) in [7, 11) is 3.77. The largest absolute Gasteiger partial charge is 0.471 e. The molecular formula is C18H22FN5O2. The van der Waals surface area contributed by atoms with Gasteiger partial charge in [-0.2, -0.15) is 4.98 Å². The van der Waals surface area contributed by atoms with Gasteiger partial charge < -0.3 is 19.9 Å². The number of carbonyl (C=O) groups excluding carboxylic acids is 1. The third kappa shape index (κ3) is 4.59. The number of hydrogen-bond donors (Lipinski definition) is 1. The molecule has 1 N–H and O–H groups in total. The molecule has 7 nitrogen and oxygen atoms in total. The Morgan fingerprint density at radius 1 is 1.35 bits per heavy atom. The van der Waals surface area contributed by atoms with Gasteiger partial charge in [-0.1, -0.05) is 12.1 Å². The van der Waals surface area contributed by atoms with Gasteiger partial charge in [0.25, 0.3) is 0 Å². The number of rotatable bonds is 5. The topological polar surface area (TPSA) is 70.6 Å². The van der Waals surface area contributed by atoms with Gasteiger partial charge in [0.05, 0.1) is 18.9 Å². The first-order valence-corrected chi connectivity index (χ1v) is 8.44. The van der Waals surface area contributed by atoms with Crippen LogP contribution >= 0.6 is 0 Å². The Morgan fingerprint density at radius 2 is 2.12 bits per heavy atom. The molecule has 0 spiro atoms. The number of amides is 2. The van der Waals surface area contributed by atoms with Crippen molar-refractivity contribution in [2.75, 3.05) is 32.1 Å². The van der Waals surface area contributed by atoms with Crippen molar-refractivity contribution in [2.24, 2.45) is 0 Å². The number of benzene rings is 1. The Kier molecular flexibility index (Phi) is 5.50. The number of likely N-dealkylation sites (tertiary alicyclic amines) is 1. The molecule has 2 amide bonds. The normalized spacial score (nSPS) is 16.4. The average molecular weight is 359 g/mol. The second-order valence-electron chi connectivity index (χ2n) is 6.37. The number of urea groups is 1. The minimum atomic E-state index is -0.291. The lowest BCUT2D eigenvalue weighted by Gasteiger charge is -2.18. The first-order chi connectivity index (χ1) is 12.5. The molecule has 1 fully saturated rings. The lowest BCUT2D eigenvalue weighted by Crippen LogP contribution is -2.39. The molecule has 1 aliphatic heterocycles. The van der Waals surface area contributed by atoms with Crippen molar-refractivity contribution < 1.29 is 13.9 Å². The monoisotopic (exact) mass is 359 g/mol. The maximum atomic E-state index is 12.9. The van der Waals surface area contributed by atoms with Crippen LogP contribution < -0.4 is 15.0 Å². The van der Waals surface area contributed by atoms with E-state index in [1.165, 1.54) is 12.1 Å². The van der Waals surface area contributed by atoms with E-state index >= 15 is 0 Å². The predicted molar refractivity (Wildman–Crippen MR) is 95.6 cm³/mol. The van der Waals surface area contributed by atoms with Gasteiger partial charge in [-0.25, -0.2) is 9.18 Å². The van der Waals surface area contributed by atoms with Crippen molar-refractivity contribution in [1.82, 2.24) is 20.2 Å². The van der Waals surface area contributed by atoms with Crippen molar-refractivity contribution in [1.29, 1.82) is 0 Å². The van der Waals surface area contributed by atoms with E-state index in [0.29, 0.717) is 25.5 Å². The molecule has 0 saturated carbocycles. The first-order valence-electron chi connectivity index (χ1n) is 8.44. The summed E-state index contributed by atoms with van der Waals surface area (Å²) in [5.41, 5.74) is 0.850. The molecule has 8 heteroatoms. The van der Waals surface area contributed by atoms with Crippen LogP contribution in [0.1, 0.15) is 12.0 Å². The fraction of sp³-hybridized carbons (Fsp3) is 0.389. The van der Waals surface area contributed by atoms with Crippen molar-refractivity contribution in [3.8, 4) is 5.88 Å². The molecule has 2 heterocycles. The molecule has 1 atom stereocenters. The third-order valence-corrected chi connectivity index (χ3v) is 4.13. The summed E-state index contributed by atoms with van der Waals surface area (Å²) in [5.74, 6) is 0.880. The van der Waals surface area contributed by atoms with Gasteiger partial charge in [-0.05, 0) is 17.7 Å². The Labute approximate surface area is 151 Å². The van der Waals surface area contributed by atoms with Gasteiger partial charge >= 0.3 is 6.03 Å². The van der Waals surface area contributed by atoms with Crippen LogP contribution in [0.3, 0.4) is 0 Å². The molecule has 1 aromatic carbocycles. The van der Waals surface area contributed by atoms with Gasteiger partial charge in [0.1, 0.15) is 11.9 Å². The Hall–Kier alpha value is -2.90. The van der Waals surface area contributed by atoms with E-state index in [2.05, 4.69) is 15.3 Å². The zero-order valence-electron chi connectivity index (χ0n) is 14.9. The summed E-state index contributed by atoms with van der Waals surface area (Å²) in [4.78, 5) is 24.3. The smallest absolute Gasteiger partial charge is 0.317 e. The molecule has 0 radical (unpaired) electrons. The van der Waals surface area contributed by atoms with Crippen molar-refractivity contribution in [2.45, 2.75) is 19.1 Å². The lowest BCUT2D eigenvalue weighted by molar-refractivity contribution is 0.182. The highest BCUT2D eigenvalue weighted by Crippen LogP contribution is 2.18. The number of nitrogens with zero attached hydrogens (tertiary/aromatic N) is 4. The summed E-state index contributed by atoms with van der Waals surface area (Å²) in [6, 6.07) is 5.91. The summed E-state index contributed by atoms with van der Waals surface area (Å²) in [6.07, 6.45) is 3.86. The van der Waals surface area contributed by atoms with Crippen LogP contribution in [-0.2, 0) is 6.54 Å². The van der Waals surface area contributed by atoms with E-state index in [1.54, 1.807) is 29.4 Å². The molecule has 1 aliphatic rings. The number of anilines is 1. The van der Waals surface area contributed by atoms with E-state index in [0.717, 1.165) is 17.8 Å². The van der Waals surface area contributed by atoms with Crippen molar-refractivity contribution in [3.05, 3.63) is 48.0 Å². The summed E-state index contributed by atoms with van der Waals surface area (Å²) < 4.78 is 18.8. The highest BCUT2D eigenvalue weighted by molar-refractivity contribution is 5.74. The summed E-state index contributed by atoms with van der Waals surface area (Å²) in [5, 5.41) is 2.84. The molecule has 0 bridgehead atoms. The number of ether oxygens (including phenoxy) is 1. The second-order valence-corrected chi connectivity index (χ2v) is 6.37. The highest BCUT2D eigenvalue weighted by atomic mass is 19.1. The fourth-order valence-corrected chi connectivity index (χ4v) is 2.68. The quantitative estimate of drug-likeness (QED) is 0.885. The second kappa shape index (κ2) is 7.99. The summed E-state index contributed by atoms with van der Waals surface area (Å²) in [6.45, 7) is 1.46. The maximum Gasteiger partial charge on any atom is 0.317 e. The molecule has 138 valence electrons. The Balaban J connectivity index is 1.49. The van der Waals surface area contributed by atoms with E-state index in [-0.39, 0.29) is 18.0 Å². The Bertz CT molecular complexity index is 754. The zero-order chi connectivity index (χ0) is 18.5. The molecular weight excluding hydrogens is 337 g/mol. The summed E-state index contributed by atoms with van der Waals surface area (Å²) >= 11 is 0. The average Bonchev–Trinajstić information content (AvgIpc) is 3.10. The minimum absolute atomic E-state index is 0.113. The first kappa shape index (κ1) is 17.9. The van der Waals surface area contributed by atoms with Crippen LogP contribution in [0.4, 0.5) is 15.0 Å². The standard InChI is InChI=1S/C18H22FN5O2/c1-23(2)16-10-20-11-17(22-16)26-15-7-8-24(12-15)18(25)21-9-13-3-5-14(19)6-4-13/h3-6,10-11,15H,7-9,12H2,1-2H3,(H,21,25). The molecule has 1 unspecified atom stereocenters.